The molecule has 16 heavy (non-hydrogen) atoms. The fourth-order valence-corrected chi connectivity index (χ4v) is 2.04. The van der Waals surface area contributed by atoms with Gasteiger partial charge in [0.2, 0.25) is 5.91 Å². The van der Waals surface area contributed by atoms with Gasteiger partial charge >= 0.3 is 0 Å². The molecule has 0 bridgehead atoms. The molecule has 0 aliphatic rings. The molecule has 0 aliphatic heterocycles. The summed E-state index contributed by atoms with van der Waals surface area (Å²) in [5.41, 5.74) is 6.76. The quantitative estimate of drug-likeness (QED) is 0.832. The van der Waals surface area contributed by atoms with Crippen molar-refractivity contribution in [3.05, 3.63) is 33.9 Å². The minimum absolute atomic E-state index is 0.0414. The Kier molecular flexibility index (Phi) is 4.11. The highest BCUT2D eigenvalue weighted by molar-refractivity contribution is 5.72. The maximum Gasteiger partial charge on any atom is 0.216 e. The van der Waals surface area contributed by atoms with Gasteiger partial charge in [-0.2, -0.15) is 0 Å². The predicted molar refractivity (Wildman–Crippen MR) is 67.8 cm³/mol. The van der Waals surface area contributed by atoms with Crippen molar-refractivity contribution in [2.24, 2.45) is 0 Å². The Morgan fingerprint density at radius 1 is 1.12 bits per heavy atom. The van der Waals surface area contributed by atoms with E-state index in [1.807, 2.05) is 0 Å². The lowest BCUT2D eigenvalue weighted by Gasteiger charge is -2.15. The molecule has 0 fully saturated rings. The molecule has 0 aromatic heterocycles. The number of amides is 1. The largest absolute Gasteiger partial charge is 0.356 e. The van der Waals surface area contributed by atoms with Crippen molar-refractivity contribution >= 4 is 5.91 Å². The van der Waals surface area contributed by atoms with Crippen molar-refractivity contribution in [3.63, 3.8) is 0 Å². The van der Waals surface area contributed by atoms with Crippen LogP contribution in [0.5, 0.6) is 0 Å². The van der Waals surface area contributed by atoms with Gasteiger partial charge in [-0.1, -0.05) is 6.07 Å². The molecule has 1 aromatic rings. The van der Waals surface area contributed by atoms with Gasteiger partial charge in [0.05, 0.1) is 0 Å². The van der Waals surface area contributed by atoms with Crippen LogP contribution in [-0.4, -0.2) is 12.5 Å². The van der Waals surface area contributed by atoms with Crippen LogP contribution in [0.2, 0.25) is 0 Å². The van der Waals surface area contributed by atoms with E-state index >= 15 is 0 Å². The number of aryl methyl sites for hydroxylation is 2. The molecule has 0 radical (unpaired) electrons. The molecule has 1 N–H and O–H groups in total. The summed E-state index contributed by atoms with van der Waals surface area (Å²) in [6.07, 6.45) is 0.916. The Labute approximate surface area is 98.1 Å². The standard InChI is InChI=1S/C14H21NO/c1-9-8-10(2)12(4)14(11(9)3)6-7-15-13(5)16/h8H,6-7H2,1-5H3,(H,15,16). The summed E-state index contributed by atoms with van der Waals surface area (Å²) >= 11 is 0. The number of benzene rings is 1. The lowest BCUT2D eigenvalue weighted by Crippen LogP contribution is -2.23. The van der Waals surface area contributed by atoms with E-state index in [0.29, 0.717) is 0 Å². The molecule has 0 heterocycles. The van der Waals surface area contributed by atoms with E-state index < -0.39 is 0 Å². The van der Waals surface area contributed by atoms with E-state index in [4.69, 9.17) is 0 Å². The molecule has 1 amide bonds. The van der Waals surface area contributed by atoms with Crippen molar-refractivity contribution in [2.45, 2.75) is 41.0 Å². The number of nitrogens with one attached hydrogen (secondary N) is 1. The second kappa shape index (κ2) is 5.15. The number of hydrogen-bond acceptors (Lipinski definition) is 1. The first-order valence-corrected chi connectivity index (χ1v) is 5.74. The predicted octanol–water partition coefficient (Wildman–Crippen LogP) is 2.60. The zero-order chi connectivity index (χ0) is 12.3. The lowest BCUT2D eigenvalue weighted by atomic mass is 9.92. The van der Waals surface area contributed by atoms with E-state index in [1.165, 1.54) is 27.8 Å². The first kappa shape index (κ1) is 12.8. The SMILES string of the molecule is CC(=O)NCCc1c(C)c(C)cc(C)c1C. The van der Waals surface area contributed by atoms with Gasteiger partial charge in [-0.3, -0.25) is 4.79 Å². The molecule has 0 saturated heterocycles. The number of carbonyl (C=O) groups excluding carboxylic acids is 1. The maximum absolute atomic E-state index is 10.8. The number of carbonyl (C=O) groups is 1. The van der Waals surface area contributed by atoms with Gasteiger partial charge < -0.3 is 5.32 Å². The summed E-state index contributed by atoms with van der Waals surface area (Å²) in [7, 11) is 0. The zero-order valence-electron chi connectivity index (χ0n) is 10.9. The van der Waals surface area contributed by atoms with Crippen molar-refractivity contribution in [1.29, 1.82) is 0 Å². The summed E-state index contributed by atoms with van der Waals surface area (Å²) < 4.78 is 0. The molecule has 1 rings (SSSR count). The van der Waals surface area contributed by atoms with Gasteiger partial charge in [0, 0.05) is 13.5 Å². The van der Waals surface area contributed by atoms with Crippen LogP contribution in [0, 0.1) is 27.7 Å². The molecule has 0 saturated carbocycles. The molecule has 2 heteroatoms. The fraction of sp³-hybridized carbons (Fsp3) is 0.500. The third-order valence-electron chi connectivity index (χ3n) is 3.27. The average Bonchev–Trinajstić information content (AvgIpc) is 2.20. The van der Waals surface area contributed by atoms with Crippen LogP contribution in [-0.2, 0) is 11.2 Å². The first-order valence-electron chi connectivity index (χ1n) is 5.74. The topological polar surface area (TPSA) is 29.1 Å². The second-order valence-corrected chi connectivity index (χ2v) is 4.47. The molecular weight excluding hydrogens is 198 g/mol. The monoisotopic (exact) mass is 219 g/mol. The minimum Gasteiger partial charge on any atom is -0.356 e. The van der Waals surface area contributed by atoms with Gasteiger partial charge in [-0.05, 0) is 61.9 Å². The normalized spacial score (nSPS) is 10.3. The van der Waals surface area contributed by atoms with Crippen LogP contribution >= 0.6 is 0 Å². The third kappa shape index (κ3) is 2.84. The molecule has 0 unspecified atom stereocenters. The van der Waals surface area contributed by atoms with Gasteiger partial charge in [0.15, 0.2) is 0 Å². The molecule has 0 aliphatic carbocycles. The maximum atomic E-state index is 10.8. The lowest BCUT2D eigenvalue weighted by molar-refractivity contribution is -0.118. The molecule has 1 aromatic carbocycles. The van der Waals surface area contributed by atoms with E-state index in [2.05, 4.69) is 39.1 Å². The van der Waals surface area contributed by atoms with E-state index in [1.54, 1.807) is 6.92 Å². The minimum atomic E-state index is 0.0414. The molecule has 0 spiro atoms. The van der Waals surface area contributed by atoms with Crippen LogP contribution in [0.1, 0.15) is 34.7 Å². The molecule has 2 nitrogen and oxygen atoms in total. The highest BCUT2D eigenvalue weighted by Gasteiger charge is 2.07. The van der Waals surface area contributed by atoms with Crippen LogP contribution in [0.4, 0.5) is 0 Å². The summed E-state index contributed by atoms with van der Waals surface area (Å²) in [5, 5.41) is 2.85. The Balaban J connectivity index is 2.90. The average molecular weight is 219 g/mol. The van der Waals surface area contributed by atoms with Crippen molar-refractivity contribution in [1.82, 2.24) is 5.32 Å². The third-order valence-corrected chi connectivity index (χ3v) is 3.27. The fourth-order valence-electron chi connectivity index (χ4n) is 2.04. The van der Waals surface area contributed by atoms with Crippen molar-refractivity contribution < 1.29 is 4.79 Å². The molecular formula is C14H21NO. The Morgan fingerprint density at radius 2 is 1.62 bits per heavy atom. The highest BCUT2D eigenvalue weighted by Crippen LogP contribution is 2.21. The molecule has 0 atom stereocenters. The second-order valence-electron chi connectivity index (χ2n) is 4.47. The van der Waals surface area contributed by atoms with Gasteiger partial charge in [0.1, 0.15) is 0 Å². The van der Waals surface area contributed by atoms with Crippen LogP contribution in [0.15, 0.2) is 6.07 Å². The Hall–Kier alpha value is -1.31. The van der Waals surface area contributed by atoms with Crippen LogP contribution in [0.3, 0.4) is 0 Å². The van der Waals surface area contributed by atoms with E-state index in [9.17, 15) is 4.79 Å². The van der Waals surface area contributed by atoms with Crippen molar-refractivity contribution in [2.75, 3.05) is 6.54 Å². The smallest absolute Gasteiger partial charge is 0.216 e. The van der Waals surface area contributed by atoms with Crippen LogP contribution in [0.25, 0.3) is 0 Å². The van der Waals surface area contributed by atoms with Crippen molar-refractivity contribution in [3.8, 4) is 0 Å². The number of rotatable bonds is 3. The Bertz CT molecular complexity index is 381. The van der Waals surface area contributed by atoms with E-state index in [-0.39, 0.29) is 5.91 Å². The first-order chi connectivity index (χ1) is 7.43. The highest BCUT2D eigenvalue weighted by atomic mass is 16.1. The summed E-state index contributed by atoms with van der Waals surface area (Å²) in [6.45, 7) is 10.9. The van der Waals surface area contributed by atoms with Crippen LogP contribution < -0.4 is 5.32 Å². The summed E-state index contributed by atoms with van der Waals surface area (Å²) in [6, 6.07) is 2.23. The summed E-state index contributed by atoms with van der Waals surface area (Å²) in [5.74, 6) is 0.0414. The van der Waals surface area contributed by atoms with Gasteiger partial charge in [0.25, 0.3) is 0 Å². The van der Waals surface area contributed by atoms with E-state index in [0.717, 1.165) is 13.0 Å². The van der Waals surface area contributed by atoms with Gasteiger partial charge in [-0.25, -0.2) is 0 Å². The summed E-state index contributed by atoms with van der Waals surface area (Å²) in [4.78, 5) is 10.8. The molecule has 88 valence electrons. The number of hydrogen-bond donors (Lipinski definition) is 1. The van der Waals surface area contributed by atoms with Gasteiger partial charge in [-0.15, -0.1) is 0 Å². The zero-order valence-corrected chi connectivity index (χ0v) is 10.9. The Morgan fingerprint density at radius 3 is 2.06 bits per heavy atom.